The zero-order valence-electron chi connectivity index (χ0n) is 18.3. The highest BCUT2D eigenvalue weighted by Crippen LogP contribution is 2.36. The third kappa shape index (κ3) is 5.07. The number of nitrogens with zero attached hydrogens (tertiary/aromatic N) is 1. The first-order valence-corrected chi connectivity index (χ1v) is 10.5. The van der Waals surface area contributed by atoms with Gasteiger partial charge in [0.2, 0.25) is 0 Å². The lowest BCUT2D eigenvalue weighted by atomic mass is 10.0. The number of fused-ring (bicyclic) bond motifs is 1. The Morgan fingerprint density at radius 1 is 0.882 bits per heavy atom. The van der Waals surface area contributed by atoms with Crippen LogP contribution in [0.5, 0.6) is 23.0 Å². The molecular weight excluding hydrogens is 438 g/mol. The molecule has 1 N–H and O–H groups in total. The van der Waals surface area contributed by atoms with Crippen LogP contribution >= 0.6 is 0 Å². The molecule has 0 amide bonds. The smallest absolute Gasteiger partial charge is 0.347 e. The van der Waals surface area contributed by atoms with Crippen LogP contribution in [0.15, 0.2) is 78.9 Å². The monoisotopic (exact) mass is 459 g/mol. The molecule has 8 nitrogen and oxygen atoms in total. The second kappa shape index (κ2) is 9.91. The first-order valence-electron chi connectivity index (χ1n) is 10.5. The SMILES string of the molecule is Cc1cccc(OC(=O)c2cc(OCCOc3ccc([N+](=O)[O-])cc3)c3ccccc3c2O)c1. The Morgan fingerprint density at radius 3 is 2.29 bits per heavy atom. The molecule has 172 valence electrons. The molecule has 0 saturated heterocycles. The van der Waals surface area contributed by atoms with E-state index in [2.05, 4.69) is 0 Å². The Balaban J connectivity index is 1.50. The van der Waals surface area contributed by atoms with Crippen molar-refractivity contribution in [3.8, 4) is 23.0 Å². The van der Waals surface area contributed by atoms with Crippen molar-refractivity contribution >= 4 is 22.4 Å². The number of carbonyl (C=O) groups excluding carboxylic acids is 1. The largest absolute Gasteiger partial charge is 0.506 e. The molecule has 0 atom stereocenters. The number of aromatic hydroxyl groups is 1. The van der Waals surface area contributed by atoms with Crippen LogP contribution in [0.25, 0.3) is 10.8 Å². The highest BCUT2D eigenvalue weighted by atomic mass is 16.6. The molecule has 0 aliphatic rings. The average Bonchev–Trinajstić information content (AvgIpc) is 2.83. The number of non-ortho nitro benzene ring substituents is 1. The molecule has 0 radical (unpaired) electrons. The lowest BCUT2D eigenvalue weighted by molar-refractivity contribution is -0.384. The number of esters is 1. The minimum Gasteiger partial charge on any atom is -0.506 e. The quantitative estimate of drug-likeness (QED) is 0.123. The van der Waals surface area contributed by atoms with Gasteiger partial charge >= 0.3 is 5.97 Å². The average molecular weight is 459 g/mol. The summed E-state index contributed by atoms with van der Waals surface area (Å²) in [6, 6.07) is 21.2. The summed E-state index contributed by atoms with van der Waals surface area (Å²) in [5, 5.41) is 22.6. The number of nitro benzene ring substituents is 1. The summed E-state index contributed by atoms with van der Waals surface area (Å²) in [5.74, 6) is 0.323. The second-order valence-electron chi connectivity index (χ2n) is 7.47. The van der Waals surface area contributed by atoms with Gasteiger partial charge in [-0.2, -0.15) is 0 Å². The Kier molecular flexibility index (Phi) is 6.59. The summed E-state index contributed by atoms with van der Waals surface area (Å²) in [6.45, 7) is 2.18. The summed E-state index contributed by atoms with van der Waals surface area (Å²) >= 11 is 0. The first kappa shape index (κ1) is 22.6. The summed E-state index contributed by atoms with van der Waals surface area (Å²) in [7, 11) is 0. The molecule has 0 spiro atoms. The van der Waals surface area contributed by atoms with Crippen LogP contribution < -0.4 is 14.2 Å². The topological polar surface area (TPSA) is 108 Å². The third-order valence-electron chi connectivity index (χ3n) is 5.06. The van der Waals surface area contributed by atoms with Gasteiger partial charge in [-0.05, 0) is 42.8 Å². The maximum absolute atomic E-state index is 12.8. The van der Waals surface area contributed by atoms with Crippen LogP contribution in [0.1, 0.15) is 15.9 Å². The van der Waals surface area contributed by atoms with E-state index in [-0.39, 0.29) is 30.2 Å². The molecule has 0 aliphatic heterocycles. The predicted molar refractivity (Wildman–Crippen MR) is 126 cm³/mol. The molecule has 4 aromatic rings. The fourth-order valence-electron chi connectivity index (χ4n) is 3.42. The van der Waals surface area contributed by atoms with Crippen molar-refractivity contribution in [2.45, 2.75) is 6.92 Å². The van der Waals surface area contributed by atoms with Crippen molar-refractivity contribution in [2.75, 3.05) is 13.2 Å². The predicted octanol–water partition coefficient (Wildman–Crippen LogP) is 5.44. The molecule has 0 fully saturated rings. The highest BCUT2D eigenvalue weighted by molar-refractivity contribution is 6.04. The van der Waals surface area contributed by atoms with E-state index in [1.165, 1.54) is 30.3 Å². The van der Waals surface area contributed by atoms with Gasteiger partial charge in [0.1, 0.15) is 41.8 Å². The molecule has 4 aromatic carbocycles. The Hall–Kier alpha value is -4.59. The van der Waals surface area contributed by atoms with Crippen LogP contribution in [0.3, 0.4) is 0 Å². The van der Waals surface area contributed by atoms with Crippen LogP contribution in [-0.4, -0.2) is 29.2 Å². The van der Waals surface area contributed by atoms with Gasteiger partial charge in [0.15, 0.2) is 0 Å². The van der Waals surface area contributed by atoms with E-state index in [9.17, 15) is 20.0 Å². The number of benzene rings is 4. The van der Waals surface area contributed by atoms with Gasteiger partial charge in [-0.3, -0.25) is 10.1 Å². The van der Waals surface area contributed by atoms with Crippen molar-refractivity contribution in [1.82, 2.24) is 0 Å². The van der Waals surface area contributed by atoms with E-state index in [1.54, 1.807) is 42.5 Å². The number of ether oxygens (including phenoxy) is 3. The molecule has 0 aromatic heterocycles. The standard InChI is InChI=1S/C26H21NO7/c1-17-5-4-6-20(15-17)34-26(29)23-16-24(21-7-2-3-8-22(21)25(23)28)33-14-13-32-19-11-9-18(10-12-19)27(30)31/h2-12,15-16,28H,13-14H2,1H3. The zero-order chi connectivity index (χ0) is 24.1. The van der Waals surface area contributed by atoms with Gasteiger partial charge < -0.3 is 19.3 Å². The van der Waals surface area contributed by atoms with E-state index in [0.717, 1.165) is 5.56 Å². The molecule has 0 saturated carbocycles. The van der Waals surface area contributed by atoms with Gasteiger partial charge in [0.25, 0.3) is 5.69 Å². The number of phenols is 1. The molecule has 0 aliphatic carbocycles. The molecule has 8 heteroatoms. The van der Waals surface area contributed by atoms with E-state index < -0.39 is 10.9 Å². The van der Waals surface area contributed by atoms with Crippen LogP contribution in [0.4, 0.5) is 5.69 Å². The van der Waals surface area contributed by atoms with Crippen molar-refractivity contribution in [3.05, 3.63) is 100 Å². The number of hydrogen-bond acceptors (Lipinski definition) is 7. The Morgan fingerprint density at radius 2 is 1.59 bits per heavy atom. The molecule has 0 unspecified atom stereocenters. The second-order valence-corrected chi connectivity index (χ2v) is 7.47. The maximum atomic E-state index is 12.8. The molecule has 0 bridgehead atoms. The fourth-order valence-corrected chi connectivity index (χ4v) is 3.42. The summed E-state index contributed by atoms with van der Waals surface area (Å²) in [5.41, 5.74) is 0.890. The van der Waals surface area contributed by atoms with E-state index >= 15 is 0 Å². The minimum absolute atomic E-state index is 0.0218. The van der Waals surface area contributed by atoms with Crippen molar-refractivity contribution in [3.63, 3.8) is 0 Å². The Labute approximate surface area is 195 Å². The van der Waals surface area contributed by atoms with Gasteiger partial charge in [0, 0.05) is 22.9 Å². The van der Waals surface area contributed by atoms with Crippen molar-refractivity contribution in [1.29, 1.82) is 0 Å². The number of phenolic OH excluding ortho intramolecular Hbond substituents is 1. The fraction of sp³-hybridized carbons (Fsp3) is 0.115. The summed E-state index contributed by atoms with van der Waals surface area (Å²) < 4.78 is 16.9. The lowest BCUT2D eigenvalue weighted by Gasteiger charge is -2.14. The molecule has 34 heavy (non-hydrogen) atoms. The number of hydrogen-bond donors (Lipinski definition) is 1. The maximum Gasteiger partial charge on any atom is 0.347 e. The number of carbonyl (C=O) groups is 1. The van der Waals surface area contributed by atoms with Gasteiger partial charge in [0.05, 0.1) is 4.92 Å². The van der Waals surface area contributed by atoms with E-state index in [4.69, 9.17) is 14.2 Å². The highest BCUT2D eigenvalue weighted by Gasteiger charge is 2.20. The summed E-state index contributed by atoms with van der Waals surface area (Å²) in [4.78, 5) is 23.1. The normalized spacial score (nSPS) is 10.6. The molecular formula is C26H21NO7. The van der Waals surface area contributed by atoms with Gasteiger partial charge in [-0.25, -0.2) is 4.79 Å². The van der Waals surface area contributed by atoms with Crippen molar-refractivity contribution in [2.24, 2.45) is 0 Å². The number of aryl methyl sites for hydroxylation is 1. The van der Waals surface area contributed by atoms with E-state index in [1.807, 2.05) is 13.0 Å². The number of rotatable bonds is 8. The zero-order valence-corrected chi connectivity index (χ0v) is 18.3. The summed E-state index contributed by atoms with van der Waals surface area (Å²) in [6.07, 6.45) is 0. The van der Waals surface area contributed by atoms with Crippen molar-refractivity contribution < 1.29 is 29.0 Å². The Bertz CT molecular complexity index is 1350. The van der Waals surface area contributed by atoms with Gasteiger partial charge in [-0.1, -0.05) is 36.4 Å². The number of nitro groups is 1. The first-order chi connectivity index (χ1) is 16.4. The minimum atomic E-state index is -0.708. The van der Waals surface area contributed by atoms with Crippen LogP contribution in [0.2, 0.25) is 0 Å². The third-order valence-corrected chi connectivity index (χ3v) is 5.06. The van der Waals surface area contributed by atoms with Gasteiger partial charge in [-0.15, -0.1) is 0 Å². The van der Waals surface area contributed by atoms with E-state index in [0.29, 0.717) is 28.0 Å². The lowest BCUT2D eigenvalue weighted by Crippen LogP contribution is -2.12. The molecule has 4 rings (SSSR count). The van der Waals surface area contributed by atoms with Crippen LogP contribution in [0, 0.1) is 17.0 Å². The van der Waals surface area contributed by atoms with Crippen LogP contribution in [-0.2, 0) is 0 Å². The molecule has 0 heterocycles.